The van der Waals surface area contributed by atoms with Crippen molar-refractivity contribution in [1.82, 2.24) is 5.32 Å². The molecule has 1 fully saturated rings. The fourth-order valence-electron chi connectivity index (χ4n) is 2.02. The molecule has 0 atom stereocenters. The first-order valence-corrected chi connectivity index (χ1v) is 4.63. The number of benzene rings is 1. The van der Waals surface area contributed by atoms with Gasteiger partial charge in [0, 0.05) is 5.56 Å². The number of carbonyl (C=O) groups is 1. The number of fused-ring (bicyclic) bond motifs is 2. The molecule has 3 rings (SSSR count). The first kappa shape index (κ1) is 7.67. The second-order valence-corrected chi connectivity index (χ2v) is 3.86. The molecule has 0 aromatic heterocycles. The van der Waals surface area contributed by atoms with Gasteiger partial charge in [-0.1, -0.05) is 12.1 Å². The normalized spacial score (nSPS) is 21.0. The van der Waals surface area contributed by atoms with Crippen LogP contribution in [0.5, 0.6) is 5.75 Å². The molecule has 2 amide bonds. The molecule has 1 aromatic carbocycles. The van der Waals surface area contributed by atoms with E-state index in [4.69, 9.17) is 0 Å². The van der Waals surface area contributed by atoms with Gasteiger partial charge in [0.15, 0.2) is 0 Å². The zero-order valence-electron chi connectivity index (χ0n) is 7.50. The Morgan fingerprint density at radius 3 is 2.86 bits per heavy atom. The van der Waals surface area contributed by atoms with E-state index in [1.54, 1.807) is 12.1 Å². The van der Waals surface area contributed by atoms with Gasteiger partial charge in [-0.05, 0) is 18.9 Å². The van der Waals surface area contributed by atoms with Crippen molar-refractivity contribution in [3.63, 3.8) is 0 Å². The van der Waals surface area contributed by atoms with E-state index in [1.807, 2.05) is 6.07 Å². The predicted molar refractivity (Wildman–Crippen MR) is 51.2 cm³/mol. The van der Waals surface area contributed by atoms with E-state index in [1.165, 1.54) is 0 Å². The van der Waals surface area contributed by atoms with Crippen LogP contribution in [0.3, 0.4) is 0 Å². The fraction of sp³-hybridized carbons (Fsp3) is 0.300. The Kier molecular flexibility index (Phi) is 1.21. The standard InChI is InChI=1S/C10H10N2O2/c13-7-3-1-2-6-8(7)11-9(14)12-10(6)4-5-10/h1-3,13H,4-5H2,(H2,11,12,14). The number of aromatic hydroxyl groups is 1. The summed E-state index contributed by atoms with van der Waals surface area (Å²) in [6.07, 6.45) is 1.91. The quantitative estimate of drug-likeness (QED) is 0.543. The van der Waals surface area contributed by atoms with Crippen molar-refractivity contribution in [2.75, 3.05) is 5.32 Å². The van der Waals surface area contributed by atoms with Crippen LogP contribution >= 0.6 is 0 Å². The first-order chi connectivity index (χ1) is 6.71. The highest BCUT2D eigenvalue weighted by atomic mass is 16.3. The number of amides is 2. The molecule has 3 N–H and O–H groups in total. The molecule has 1 heterocycles. The van der Waals surface area contributed by atoms with Gasteiger partial charge in [0.2, 0.25) is 0 Å². The highest BCUT2D eigenvalue weighted by Crippen LogP contribution is 2.51. The Bertz CT molecular complexity index is 424. The number of anilines is 1. The van der Waals surface area contributed by atoms with Crippen LogP contribution in [0.2, 0.25) is 0 Å². The number of hydrogen-bond donors (Lipinski definition) is 3. The van der Waals surface area contributed by atoms with E-state index in [-0.39, 0.29) is 17.3 Å². The van der Waals surface area contributed by atoms with Crippen LogP contribution in [0.1, 0.15) is 18.4 Å². The van der Waals surface area contributed by atoms with Crippen LogP contribution in [0, 0.1) is 0 Å². The van der Waals surface area contributed by atoms with E-state index in [0.717, 1.165) is 18.4 Å². The van der Waals surface area contributed by atoms with Crippen LogP contribution in [0.25, 0.3) is 0 Å². The van der Waals surface area contributed by atoms with Crippen LogP contribution < -0.4 is 10.6 Å². The first-order valence-electron chi connectivity index (χ1n) is 4.63. The summed E-state index contributed by atoms with van der Waals surface area (Å²) in [5.74, 6) is 0.142. The van der Waals surface area contributed by atoms with Crippen molar-refractivity contribution in [3.8, 4) is 5.75 Å². The molecule has 0 saturated heterocycles. The molecule has 72 valence electrons. The Morgan fingerprint density at radius 2 is 2.14 bits per heavy atom. The summed E-state index contributed by atoms with van der Waals surface area (Å²) in [7, 11) is 0. The van der Waals surface area contributed by atoms with Crippen molar-refractivity contribution in [2.45, 2.75) is 18.4 Å². The predicted octanol–water partition coefficient (Wildman–Crippen LogP) is 1.52. The second-order valence-electron chi connectivity index (χ2n) is 3.86. The van der Waals surface area contributed by atoms with Gasteiger partial charge in [0.25, 0.3) is 0 Å². The van der Waals surface area contributed by atoms with Crippen LogP contribution in [0.4, 0.5) is 10.5 Å². The summed E-state index contributed by atoms with van der Waals surface area (Å²) in [6, 6.07) is 5.10. The Morgan fingerprint density at radius 1 is 1.36 bits per heavy atom. The van der Waals surface area contributed by atoms with Crippen molar-refractivity contribution < 1.29 is 9.90 Å². The molecule has 1 saturated carbocycles. The Balaban J connectivity index is 2.21. The van der Waals surface area contributed by atoms with Gasteiger partial charge in [-0.3, -0.25) is 0 Å². The lowest BCUT2D eigenvalue weighted by Gasteiger charge is -2.27. The lowest BCUT2D eigenvalue weighted by atomic mass is 10.00. The Labute approximate surface area is 80.9 Å². The number of phenols is 1. The van der Waals surface area contributed by atoms with Crippen molar-refractivity contribution in [2.24, 2.45) is 0 Å². The van der Waals surface area contributed by atoms with E-state index in [9.17, 15) is 9.90 Å². The van der Waals surface area contributed by atoms with E-state index >= 15 is 0 Å². The topological polar surface area (TPSA) is 61.4 Å². The summed E-state index contributed by atoms with van der Waals surface area (Å²) < 4.78 is 0. The molecule has 1 aromatic rings. The summed E-state index contributed by atoms with van der Waals surface area (Å²) in [4.78, 5) is 11.3. The van der Waals surface area contributed by atoms with Crippen LogP contribution in [-0.4, -0.2) is 11.1 Å². The molecular weight excluding hydrogens is 180 g/mol. The number of phenolic OH excluding ortho intramolecular Hbond substituents is 1. The fourth-order valence-corrected chi connectivity index (χ4v) is 2.02. The highest BCUT2D eigenvalue weighted by molar-refractivity contribution is 5.96. The average Bonchev–Trinajstić information content (AvgIpc) is 2.88. The smallest absolute Gasteiger partial charge is 0.320 e. The minimum atomic E-state index is -0.225. The third-order valence-electron chi connectivity index (χ3n) is 2.90. The minimum Gasteiger partial charge on any atom is -0.506 e. The zero-order valence-corrected chi connectivity index (χ0v) is 7.50. The summed E-state index contributed by atoms with van der Waals surface area (Å²) in [5, 5.41) is 15.1. The van der Waals surface area contributed by atoms with Crippen molar-refractivity contribution >= 4 is 11.7 Å². The number of urea groups is 1. The molecule has 1 aliphatic heterocycles. The number of hydrogen-bond acceptors (Lipinski definition) is 2. The summed E-state index contributed by atoms with van der Waals surface area (Å²) in [6.45, 7) is 0. The molecule has 1 spiro atoms. The van der Waals surface area contributed by atoms with Crippen molar-refractivity contribution in [3.05, 3.63) is 23.8 Å². The molecule has 4 heteroatoms. The second kappa shape index (κ2) is 2.20. The maximum atomic E-state index is 11.3. The maximum absolute atomic E-state index is 11.3. The van der Waals surface area contributed by atoms with E-state index in [0.29, 0.717) is 5.69 Å². The number of para-hydroxylation sites is 1. The molecule has 0 unspecified atom stereocenters. The molecule has 0 radical (unpaired) electrons. The van der Waals surface area contributed by atoms with Gasteiger partial charge < -0.3 is 15.7 Å². The van der Waals surface area contributed by atoms with Gasteiger partial charge in [0.1, 0.15) is 5.75 Å². The van der Waals surface area contributed by atoms with Gasteiger partial charge in [-0.25, -0.2) is 4.79 Å². The molecular formula is C10H10N2O2. The lowest BCUT2D eigenvalue weighted by molar-refractivity contribution is 0.245. The van der Waals surface area contributed by atoms with E-state index < -0.39 is 0 Å². The van der Waals surface area contributed by atoms with E-state index in [2.05, 4.69) is 10.6 Å². The Hall–Kier alpha value is -1.71. The summed E-state index contributed by atoms with van der Waals surface area (Å²) in [5.41, 5.74) is 1.36. The van der Waals surface area contributed by atoms with Gasteiger partial charge in [-0.15, -0.1) is 0 Å². The molecule has 4 nitrogen and oxygen atoms in total. The minimum absolute atomic E-state index is 0.142. The average molecular weight is 190 g/mol. The number of rotatable bonds is 0. The van der Waals surface area contributed by atoms with Gasteiger partial charge in [0.05, 0.1) is 11.2 Å². The summed E-state index contributed by atoms with van der Waals surface area (Å²) >= 11 is 0. The SMILES string of the molecule is O=C1Nc2c(O)cccc2C2(CC2)N1. The highest BCUT2D eigenvalue weighted by Gasteiger charge is 2.50. The third kappa shape index (κ3) is 0.852. The molecule has 14 heavy (non-hydrogen) atoms. The largest absolute Gasteiger partial charge is 0.506 e. The maximum Gasteiger partial charge on any atom is 0.320 e. The lowest BCUT2D eigenvalue weighted by Crippen LogP contribution is -2.42. The van der Waals surface area contributed by atoms with Gasteiger partial charge >= 0.3 is 6.03 Å². The molecule has 2 aliphatic rings. The van der Waals surface area contributed by atoms with Crippen LogP contribution in [0.15, 0.2) is 18.2 Å². The zero-order chi connectivity index (χ0) is 9.76. The third-order valence-corrected chi connectivity index (χ3v) is 2.90. The van der Waals surface area contributed by atoms with Crippen molar-refractivity contribution in [1.29, 1.82) is 0 Å². The van der Waals surface area contributed by atoms with Gasteiger partial charge in [-0.2, -0.15) is 0 Å². The van der Waals surface area contributed by atoms with Crippen LogP contribution in [-0.2, 0) is 5.54 Å². The monoisotopic (exact) mass is 190 g/mol. The molecule has 0 bridgehead atoms. The number of nitrogens with one attached hydrogen (secondary N) is 2. The molecule has 1 aliphatic carbocycles. The number of carbonyl (C=O) groups excluding carboxylic acids is 1.